The van der Waals surface area contributed by atoms with Crippen LogP contribution >= 0.6 is 15.9 Å². The molecule has 0 bridgehead atoms. The van der Waals surface area contributed by atoms with Crippen molar-refractivity contribution in [1.29, 1.82) is 0 Å². The zero-order valence-electron chi connectivity index (χ0n) is 13.0. The van der Waals surface area contributed by atoms with Crippen molar-refractivity contribution in [3.05, 3.63) is 28.2 Å². The summed E-state index contributed by atoms with van der Waals surface area (Å²) in [4.78, 5) is 2.34. The van der Waals surface area contributed by atoms with Crippen LogP contribution in [0.25, 0.3) is 0 Å². The highest BCUT2D eigenvalue weighted by molar-refractivity contribution is 9.10. The first kappa shape index (κ1) is 16.7. The average molecular weight is 357 g/mol. The number of halogens is 1. The number of rotatable bonds is 6. The number of hydrogen-bond acceptors (Lipinski definition) is 4. The van der Waals surface area contributed by atoms with Gasteiger partial charge in [-0.05, 0) is 30.5 Å². The van der Waals surface area contributed by atoms with Crippen LogP contribution in [0.3, 0.4) is 0 Å². The summed E-state index contributed by atoms with van der Waals surface area (Å²) in [5, 5.41) is 0. The van der Waals surface area contributed by atoms with E-state index in [9.17, 15) is 0 Å². The van der Waals surface area contributed by atoms with Crippen molar-refractivity contribution in [2.45, 2.75) is 38.0 Å². The molecule has 1 aromatic carbocycles. The minimum Gasteiger partial charge on any atom is -0.377 e. The van der Waals surface area contributed by atoms with Gasteiger partial charge in [-0.2, -0.15) is 0 Å². The molecule has 21 heavy (non-hydrogen) atoms. The number of nitrogens with zero attached hydrogens (tertiary/aromatic N) is 1. The Bertz CT molecular complexity index is 458. The largest absolute Gasteiger partial charge is 0.377 e. The Morgan fingerprint density at radius 3 is 2.43 bits per heavy atom. The van der Waals surface area contributed by atoms with Crippen LogP contribution in [0.15, 0.2) is 22.7 Å². The fourth-order valence-electron chi connectivity index (χ4n) is 2.82. The van der Waals surface area contributed by atoms with Gasteiger partial charge in [0.2, 0.25) is 0 Å². The van der Waals surface area contributed by atoms with Crippen LogP contribution in [0, 0.1) is 0 Å². The molecule has 1 fully saturated rings. The fraction of sp³-hybridized carbons (Fsp3) is 0.625. The maximum atomic E-state index is 6.14. The molecule has 1 heterocycles. The summed E-state index contributed by atoms with van der Waals surface area (Å²) < 4.78 is 12.2. The van der Waals surface area contributed by atoms with E-state index in [2.05, 4.69) is 46.0 Å². The molecule has 118 valence electrons. The van der Waals surface area contributed by atoms with E-state index in [0.717, 1.165) is 30.4 Å². The SMILES string of the molecule is CCC(N)Cc1ccc(Br)cc1N1CC(OC)C(OC)C1. The molecule has 0 aliphatic carbocycles. The van der Waals surface area contributed by atoms with E-state index < -0.39 is 0 Å². The van der Waals surface area contributed by atoms with Gasteiger partial charge in [0.05, 0.1) is 0 Å². The molecule has 1 aromatic rings. The van der Waals surface area contributed by atoms with Crippen LogP contribution < -0.4 is 10.6 Å². The first-order valence-corrected chi connectivity index (χ1v) is 8.22. The summed E-state index contributed by atoms with van der Waals surface area (Å²) in [7, 11) is 3.49. The molecule has 1 saturated heterocycles. The topological polar surface area (TPSA) is 47.7 Å². The first-order valence-electron chi connectivity index (χ1n) is 7.43. The number of ether oxygens (including phenoxy) is 2. The van der Waals surface area contributed by atoms with E-state index in [1.807, 2.05) is 0 Å². The maximum absolute atomic E-state index is 6.14. The predicted molar refractivity (Wildman–Crippen MR) is 89.9 cm³/mol. The summed E-state index contributed by atoms with van der Waals surface area (Å²) in [5.41, 5.74) is 8.66. The molecule has 5 heteroatoms. The Labute approximate surface area is 135 Å². The van der Waals surface area contributed by atoms with E-state index in [1.54, 1.807) is 14.2 Å². The number of anilines is 1. The lowest BCUT2D eigenvalue weighted by molar-refractivity contribution is -0.00461. The summed E-state index contributed by atoms with van der Waals surface area (Å²) >= 11 is 3.57. The standard InChI is InChI=1S/C16H25BrN2O2/c1-4-13(18)7-11-5-6-12(17)8-14(11)19-9-15(20-2)16(10-19)21-3/h5-6,8,13,15-16H,4,7,9-10,18H2,1-3H3. The monoisotopic (exact) mass is 356 g/mol. The Hall–Kier alpha value is -0.620. The lowest BCUT2D eigenvalue weighted by atomic mass is 10.0. The van der Waals surface area contributed by atoms with Crippen LogP contribution in [-0.2, 0) is 15.9 Å². The van der Waals surface area contributed by atoms with Gasteiger partial charge in [-0.1, -0.05) is 28.9 Å². The lowest BCUT2D eigenvalue weighted by Crippen LogP contribution is -2.27. The van der Waals surface area contributed by atoms with Crippen LogP contribution in [0.2, 0.25) is 0 Å². The molecular weight excluding hydrogens is 332 g/mol. The smallest absolute Gasteiger partial charge is 0.102 e. The van der Waals surface area contributed by atoms with Crippen molar-refractivity contribution >= 4 is 21.6 Å². The van der Waals surface area contributed by atoms with Crippen LogP contribution in [0.1, 0.15) is 18.9 Å². The van der Waals surface area contributed by atoms with Gasteiger partial charge >= 0.3 is 0 Å². The van der Waals surface area contributed by atoms with Gasteiger partial charge in [-0.3, -0.25) is 0 Å². The predicted octanol–water partition coefficient (Wildman–Crippen LogP) is 2.58. The van der Waals surface area contributed by atoms with Crippen molar-refractivity contribution < 1.29 is 9.47 Å². The normalized spacial score (nSPS) is 23.6. The molecule has 3 atom stereocenters. The van der Waals surface area contributed by atoms with Gasteiger partial charge in [0.15, 0.2) is 0 Å². The van der Waals surface area contributed by atoms with Crippen LogP contribution in [-0.4, -0.2) is 45.6 Å². The number of methoxy groups -OCH3 is 2. The zero-order chi connectivity index (χ0) is 15.4. The van der Waals surface area contributed by atoms with Gasteiger partial charge in [0.1, 0.15) is 12.2 Å². The van der Waals surface area contributed by atoms with Crippen LogP contribution in [0.4, 0.5) is 5.69 Å². The Morgan fingerprint density at radius 2 is 1.90 bits per heavy atom. The minimum atomic E-state index is 0.113. The number of benzene rings is 1. The summed E-state index contributed by atoms with van der Waals surface area (Å²) in [6.45, 7) is 3.82. The molecule has 0 amide bonds. The molecule has 3 unspecified atom stereocenters. The van der Waals surface area contributed by atoms with Gasteiger partial charge < -0.3 is 20.1 Å². The van der Waals surface area contributed by atoms with Crippen molar-refractivity contribution in [3.63, 3.8) is 0 Å². The summed E-state index contributed by atoms with van der Waals surface area (Å²) in [5.74, 6) is 0. The third kappa shape index (κ3) is 3.97. The molecule has 0 aromatic heterocycles. The highest BCUT2D eigenvalue weighted by Gasteiger charge is 2.34. The summed E-state index contributed by atoms with van der Waals surface area (Å²) in [6, 6.07) is 6.61. The zero-order valence-corrected chi connectivity index (χ0v) is 14.6. The van der Waals surface area contributed by atoms with E-state index in [0.29, 0.717) is 0 Å². The molecule has 0 radical (unpaired) electrons. The van der Waals surface area contributed by atoms with Gasteiger partial charge in [-0.15, -0.1) is 0 Å². The molecule has 4 nitrogen and oxygen atoms in total. The van der Waals surface area contributed by atoms with Crippen molar-refractivity contribution in [2.75, 3.05) is 32.2 Å². The Kier molecular flexibility index (Phi) is 6.05. The molecular formula is C16H25BrN2O2. The quantitative estimate of drug-likeness (QED) is 0.850. The van der Waals surface area contributed by atoms with E-state index >= 15 is 0 Å². The van der Waals surface area contributed by atoms with Crippen molar-refractivity contribution in [2.24, 2.45) is 5.73 Å². The van der Waals surface area contributed by atoms with Gasteiger partial charge in [0, 0.05) is 43.5 Å². The first-order chi connectivity index (χ1) is 10.1. The lowest BCUT2D eigenvalue weighted by Gasteiger charge is -2.23. The maximum Gasteiger partial charge on any atom is 0.102 e. The molecule has 0 saturated carbocycles. The fourth-order valence-corrected chi connectivity index (χ4v) is 3.17. The number of hydrogen-bond donors (Lipinski definition) is 1. The highest BCUT2D eigenvalue weighted by atomic mass is 79.9. The Balaban J connectivity index is 2.24. The molecule has 2 rings (SSSR count). The minimum absolute atomic E-state index is 0.113. The van der Waals surface area contributed by atoms with Crippen molar-refractivity contribution in [1.82, 2.24) is 0 Å². The highest BCUT2D eigenvalue weighted by Crippen LogP contribution is 2.30. The summed E-state index contributed by atoms with van der Waals surface area (Å²) in [6.07, 6.45) is 2.10. The molecule has 0 spiro atoms. The van der Waals surface area contributed by atoms with Gasteiger partial charge in [-0.25, -0.2) is 0 Å². The molecule has 1 aliphatic rings. The van der Waals surface area contributed by atoms with Crippen molar-refractivity contribution in [3.8, 4) is 0 Å². The second-order valence-corrected chi connectivity index (χ2v) is 6.51. The molecule has 1 aliphatic heterocycles. The van der Waals surface area contributed by atoms with E-state index in [-0.39, 0.29) is 18.2 Å². The third-order valence-electron chi connectivity index (χ3n) is 4.22. The Morgan fingerprint density at radius 1 is 1.29 bits per heavy atom. The number of nitrogens with two attached hydrogens (primary N) is 1. The average Bonchev–Trinajstić information content (AvgIpc) is 2.92. The van der Waals surface area contributed by atoms with Gasteiger partial charge in [0.25, 0.3) is 0 Å². The van der Waals surface area contributed by atoms with E-state index in [4.69, 9.17) is 15.2 Å². The second-order valence-electron chi connectivity index (χ2n) is 5.60. The van der Waals surface area contributed by atoms with Crippen LogP contribution in [0.5, 0.6) is 0 Å². The second kappa shape index (κ2) is 7.58. The third-order valence-corrected chi connectivity index (χ3v) is 4.71. The van der Waals surface area contributed by atoms with E-state index in [1.165, 1.54) is 11.3 Å². The molecule has 2 N–H and O–H groups in total.